The van der Waals surface area contributed by atoms with Crippen molar-refractivity contribution in [1.29, 1.82) is 0 Å². The fourth-order valence-corrected chi connectivity index (χ4v) is 3.20. The summed E-state index contributed by atoms with van der Waals surface area (Å²) < 4.78 is 23.1. The van der Waals surface area contributed by atoms with Crippen LogP contribution in [0.4, 0.5) is 5.13 Å². The molecule has 0 bridgehead atoms. The molecular weight excluding hydrogens is 298 g/mol. The van der Waals surface area contributed by atoms with Gasteiger partial charge in [-0.25, -0.2) is 13.4 Å². The predicted molar refractivity (Wildman–Crippen MR) is 77.5 cm³/mol. The summed E-state index contributed by atoms with van der Waals surface area (Å²) in [5, 5.41) is 3.09. The van der Waals surface area contributed by atoms with Crippen molar-refractivity contribution >= 4 is 32.2 Å². The van der Waals surface area contributed by atoms with Crippen LogP contribution in [0, 0.1) is 6.92 Å². The van der Waals surface area contributed by atoms with Gasteiger partial charge in [-0.05, 0) is 13.0 Å². The standard InChI is InChI=1S/C12H13N3O3S2/c1-7-11(19-12(14-7)15-8(2)16)9-4-10(6-13-5-9)20(3,17)18/h4-6H,1-3H3,(H,14,15,16). The van der Waals surface area contributed by atoms with Crippen molar-refractivity contribution in [1.82, 2.24) is 9.97 Å². The number of aromatic nitrogens is 2. The minimum Gasteiger partial charge on any atom is -0.302 e. The number of amides is 1. The second kappa shape index (κ2) is 5.29. The predicted octanol–water partition coefficient (Wildman–Crippen LogP) is 1.88. The van der Waals surface area contributed by atoms with Crippen LogP contribution in [0.1, 0.15) is 12.6 Å². The van der Waals surface area contributed by atoms with Gasteiger partial charge >= 0.3 is 0 Å². The summed E-state index contributed by atoms with van der Waals surface area (Å²) in [4.78, 5) is 20.1. The van der Waals surface area contributed by atoms with E-state index in [2.05, 4.69) is 15.3 Å². The molecule has 2 aromatic heterocycles. The SMILES string of the molecule is CC(=O)Nc1nc(C)c(-c2cncc(S(C)(=O)=O)c2)s1. The average Bonchev–Trinajstić information content (AvgIpc) is 2.68. The van der Waals surface area contributed by atoms with Crippen molar-refractivity contribution < 1.29 is 13.2 Å². The Labute approximate surface area is 120 Å². The zero-order valence-corrected chi connectivity index (χ0v) is 12.8. The lowest BCUT2D eigenvalue weighted by molar-refractivity contribution is -0.114. The van der Waals surface area contributed by atoms with Crippen LogP contribution in [0.3, 0.4) is 0 Å². The molecule has 2 aromatic rings. The molecule has 1 N–H and O–H groups in total. The Bertz CT molecular complexity index is 766. The van der Waals surface area contributed by atoms with Crippen LogP contribution in [0.15, 0.2) is 23.4 Å². The molecule has 0 radical (unpaired) electrons. The molecule has 0 aliphatic carbocycles. The Morgan fingerprint density at radius 1 is 1.35 bits per heavy atom. The van der Waals surface area contributed by atoms with Gasteiger partial charge in [0, 0.05) is 31.1 Å². The van der Waals surface area contributed by atoms with Gasteiger partial charge in [0.15, 0.2) is 15.0 Å². The summed E-state index contributed by atoms with van der Waals surface area (Å²) in [5.74, 6) is -0.201. The average molecular weight is 311 g/mol. The number of hydrogen-bond donors (Lipinski definition) is 1. The molecule has 0 unspecified atom stereocenters. The van der Waals surface area contributed by atoms with Gasteiger partial charge in [-0.2, -0.15) is 0 Å². The van der Waals surface area contributed by atoms with Gasteiger partial charge in [0.1, 0.15) is 0 Å². The van der Waals surface area contributed by atoms with E-state index in [1.54, 1.807) is 19.2 Å². The summed E-state index contributed by atoms with van der Waals surface area (Å²) in [6, 6.07) is 1.56. The quantitative estimate of drug-likeness (QED) is 0.934. The molecule has 6 nitrogen and oxygen atoms in total. The molecule has 0 aliphatic rings. The Kier molecular flexibility index (Phi) is 3.87. The maximum absolute atomic E-state index is 11.5. The molecule has 8 heteroatoms. The van der Waals surface area contributed by atoms with Crippen molar-refractivity contribution in [3.05, 3.63) is 24.2 Å². The minimum atomic E-state index is -3.31. The Hall–Kier alpha value is -1.80. The number of anilines is 1. The van der Waals surface area contributed by atoms with Gasteiger partial charge in [0.2, 0.25) is 5.91 Å². The van der Waals surface area contributed by atoms with Crippen LogP contribution < -0.4 is 5.32 Å². The lowest BCUT2D eigenvalue weighted by Crippen LogP contribution is -2.04. The number of nitrogens with one attached hydrogen (secondary N) is 1. The number of nitrogens with zero attached hydrogens (tertiary/aromatic N) is 2. The molecule has 0 atom stereocenters. The highest BCUT2D eigenvalue weighted by atomic mass is 32.2. The van der Waals surface area contributed by atoms with E-state index in [9.17, 15) is 13.2 Å². The van der Waals surface area contributed by atoms with Crippen LogP contribution in [-0.2, 0) is 14.6 Å². The molecular formula is C12H13N3O3S2. The Morgan fingerprint density at radius 3 is 2.65 bits per heavy atom. The zero-order chi connectivity index (χ0) is 14.9. The molecule has 2 rings (SSSR count). The van der Waals surface area contributed by atoms with E-state index >= 15 is 0 Å². The molecule has 0 aliphatic heterocycles. The minimum absolute atomic E-state index is 0.156. The van der Waals surface area contributed by atoms with E-state index in [1.807, 2.05) is 0 Å². The van der Waals surface area contributed by atoms with Crippen LogP contribution in [-0.4, -0.2) is 30.5 Å². The van der Waals surface area contributed by atoms with Gasteiger partial charge in [0.25, 0.3) is 0 Å². The maximum Gasteiger partial charge on any atom is 0.223 e. The molecule has 0 spiro atoms. The fraction of sp³-hybridized carbons (Fsp3) is 0.250. The lowest BCUT2D eigenvalue weighted by Gasteiger charge is -2.01. The molecule has 0 saturated heterocycles. The third-order valence-corrected chi connectivity index (χ3v) is 4.68. The Morgan fingerprint density at radius 2 is 2.05 bits per heavy atom. The first-order chi connectivity index (χ1) is 9.27. The third kappa shape index (κ3) is 3.20. The first kappa shape index (κ1) is 14.6. The summed E-state index contributed by atoms with van der Waals surface area (Å²) in [6.45, 7) is 3.20. The summed E-state index contributed by atoms with van der Waals surface area (Å²) in [7, 11) is -3.31. The molecule has 106 valence electrons. The number of aryl methyl sites for hydroxylation is 1. The highest BCUT2D eigenvalue weighted by Crippen LogP contribution is 2.33. The topological polar surface area (TPSA) is 89.0 Å². The van der Waals surface area contributed by atoms with E-state index in [-0.39, 0.29) is 10.8 Å². The molecule has 0 aromatic carbocycles. The fourth-order valence-electron chi connectivity index (χ4n) is 1.61. The molecule has 20 heavy (non-hydrogen) atoms. The first-order valence-corrected chi connectivity index (χ1v) is 8.38. The first-order valence-electron chi connectivity index (χ1n) is 5.68. The van der Waals surface area contributed by atoms with Crippen LogP contribution in [0.25, 0.3) is 10.4 Å². The van der Waals surface area contributed by atoms with E-state index in [0.29, 0.717) is 16.4 Å². The van der Waals surface area contributed by atoms with E-state index in [1.165, 1.54) is 24.5 Å². The maximum atomic E-state index is 11.5. The largest absolute Gasteiger partial charge is 0.302 e. The second-order valence-corrected chi connectivity index (χ2v) is 7.31. The zero-order valence-electron chi connectivity index (χ0n) is 11.2. The monoisotopic (exact) mass is 311 g/mol. The third-order valence-electron chi connectivity index (χ3n) is 2.48. The van der Waals surface area contributed by atoms with Crippen LogP contribution >= 0.6 is 11.3 Å². The number of rotatable bonds is 3. The highest BCUT2D eigenvalue weighted by Gasteiger charge is 2.14. The number of carbonyl (C=O) groups excluding carboxylic acids is 1. The van der Waals surface area contributed by atoms with E-state index < -0.39 is 9.84 Å². The molecule has 2 heterocycles. The number of thiazole rings is 1. The summed E-state index contributed by atoms with van der Waals surface area (Å²) in [5.41, 5.74) is 1.38. The van der Waals surface area contributed by atoms with Crippen molar-refractivity contribution in [3.8, 4) is 10.4 Å². The van der Waals surface area contributed by atoms with E-state index in [4.69, 9.17) is 0 Å². The van der Waals surface area contributed by atoms with Crippen molar-refractivity contribution in [2.45, 2.75) is 18.7 Å². The second-order valence-electron chi connectivity index (χ2n) is 4.30. The molecule has 0 saturated carbocycles. The molecule has 1 amide bonds. The summed E-state index contributed by atoms with van der Waals surface area (Å²) >= 11 is 1.28. The lowest BCUT2D eigenvalue weighted by atomic mass is 10.2. The van der Waals surface area contributed by atoms with Crippen LogP contribution in [0.2, 0.25) is 0 Å². The highest BCUT2D eigenvalue weighted by molar-refractivity contribution is 7.90. The number of sulfone groups is 1. The number of pyridine rings is 1. The number of hydrogen-bond acceptors (Lipinski definition) is 6. The Balaban J connectivity index is 2.47. The normalized spacial score (nSPS) is 11.3. The van der Waals surface area contributed by atoms with Gasteiger partial charge < -0.3 is 5.32 Å². The number of carbonyl (C=O) groups is 1. The summed E-state index contributed by atoms with van der Waals surface area (Å²) in [6.07, 6.45) is 4.02. The van der Waals surface area contributed by atoms with Crippen LogP contribution in [0.5, 0.6) is 0 Å². The van der Waals surface area contributed by atoms with Gasteiger partial charge in [-0.3, -0.25) is 9.78 Å². The van der Waals surface area contributed by atoms with Gasteiger partial charge in [0.05, 0.1) is 15.5 Å². The smallest absolute Gasteiger partial charge is 0.223 e. The van der Waals surface area contributed by atoms with E-state index in [0.717, 1.165) is 11.1 Å². The van der Waals surface area contributed by atoms with Gasteiger partial charge in [-0.1, -0.05) is 11.3 Å². The van der Waals surface area contributed by atoms with Crippen molar-refractivity contribution in [2.75, 3.05) is 11.6 Å². The van der Waals surface area contributed by atoms with Crippen molar-refractivity contribution in [2.24, 2.45) is 0 Å². The van der Waals surface area contributed by atoms with Crippen molar-refractivity contribution in [3.63, 3.8) is 0 Å². The van der Waals surface area contributed by atoms with Gasteiger partial charge in [-0.15, -0.1) is 0 Å². The molecule has 0 fully saturated rings.